The summed E-state index contributed by atoms with van der Waals surface area (Å²) in [4.78, 5) is 4.90. The zero-order chi connectivity index (χ0) is 16.7. The number of aromatic nitrogens is 5. The topological polar surface area (TPSA) is 98.1 Å². The Hall–Kier alpha value is -1.97. The van der Waals surface area contributed by atoms with Crippen LogP contribution >= 0.6 is 15.9 Å². The van der Waals surface area contributed by atoms with Crippen molar-refractivity contribution in [3.8, 4) is 11.1 Å². The van der Waals surface area contributed by atoms with Gasteiger partial charge in [0.2, 0.25) is 0 Å². The molecule has 126 valence electrons. The van der Waals surface area contributed by atoms with Crippen LogP contribution in [0, 0.1) is 0 Å². The lowest BCUT2D eigenvalue weighted by Crippen LogP contribution is -2.24. The quantitative estimate of drug-likeness (QED) is 0.597. The van der Waals surface area contributed by atoms with Crippen molar-refractivity contribution in [3.63, 3.8) is 0 Å². The first kappa shape index (κ1) is 15.6. The molecule has 0 atom stereocenters. The van der Waals surface area contributed by atoms with Crippen LogP contribution in [-0.2, 0) is 7.05 Å². The second-order valence-electron chi connectivity index (χ2n) is 6.00. The van der Waals surface area contributed by atoms with Gasteiger partial charge in [0, 0.05) is 56.5 Å². The number of halogens is 1. The highest BCUT2D eigenvalue weighted by molar-refractivity contribution is 9.10. The van der Waals surface area contributed by atoms with Crippen molar-refractivity contribution in [3.05, 3.63) is 28.8 Å². The smallest absolute Gasteiger partial charge is 0.165 e. The minimum absolute atomic E-state index is 0.242. The maximum Gasteiger partial charge on any atom is 0.165 e. The molecular weight excluding hydrogens is 372 g/mol. The Balaban J connectivity index is 1.87. The highest BCUT2D eigenvalue weighted by Crippen LogP contribution is 2.32. The molecule has 4 rings (SSSR count). The summed E-state index contributed by atoms with van der Waals surface area (Å²) < 4.78 is 4.25. The fourth-order valence-corrected chi connectivity index (χ4v) is 3.62. The molecule has 1 aliphatic rings. The number of hydrogen-bond acceptors (Lipinski definition) is 6. The monoisotopic (exact) mass is 390 g/mol. The Labute approximate surface area is 147 Å². The van der Waals surface area contributed by atoms with Crippen LogP contribution in [0.3, 0.4) is 0 Å². The fourth-order valence-electron chi connectivity index (χ4n) is 3.04. The summed E-state index contributed by atoms with van der Waals surface area (Å²) in [6.07, 6.45) is 5.55. The Kier molecular flexibility index (Phi) is 3.99. The van der Waals surface area contributed by atoms with Crippen molar-refractivity contribution in [2.45, 2.75) is 5.92 Å². The lowest BCUT2D eigenvalue weighted by Gasteiger charge is -2.17. The minimum atomic E-state index is 0.242. The SMILES string of the molecule is Cn1cc(-c2cnn3c(N)c(Br)c(C4CNCCNC4)nc23)cn1. The molecule has 4 heterocycles. The molecule has 4 N–H and O–H groups in total. The molecule has 0 spiro atoms. The first-order valence-corrected chi connectivity index (χ1v) is 8.67. The number of rotatable bonds is 2. The van der Waals surface area contributed by atoms with Crippen LogP contribution in [0.15, 0.2) is 23.1 Å². The molecule has 8 nitrogen and oxygen atoms in total. The largest absolute Gasteiger partial charge is 0.383 e. The van der Waals surface area contributed by atoms with Crippen LogP contribution in [0.4, 0.5) is 5.82 Å². The average Bonchev–Trinajstić information content (AvgIpc) is 3.08. The summed E-state index contributed by atoms with van der Waals surface area (Å²) in [5, 5.41) is 15.5. The number of aryl methyl sites for hydroxylation is 1. The van der Waals surface area contributed by atoms with Crippen LogP contribution in [0.2, 0.25) is 0 Å². The summed E-state index contributed by atoms with van der Waals surface area (Å²) in [6, 6.07) is 0. The van der Waals surface area contributed by atoms with Gasteiger partial charge in [-0.2, -0.15) is 14.7 Å². The third-order valence-electron chi connectivity index (χ3n) is 4.31. The summed E-state index contributed by atoms with van der Waals surface area (Å²) in [6.45, 7) is 3.65. The molecule has 24 heavy (non-hydrogen) atoms. The number of fused-ring (bicyclic) bond motifs is 1. The Bertz CT molecular complexity index is 875. The Morgan fingerprint density at radius 3 is 2.62 bits per heavy atom. The Morgan fingerprint density at radius 2 is 1.96 bits per heavy atom. The predicted octanol–water partition coefficient (Wildman–Crippen LogP) is 0.751. The lowest BCUT2D eigenvalue weighted by molar-refractivity contribution is 0.610. The first-order valence-electron chi connectivity index (χ1n) is 7.88. The van der Waals surface area contributed by atoms with Gasteiger partial charge >= 0.3 is 0 Å². The van der Waals surface area contributed by atoms with E-state index in [1.807, 2.05) is 19.4 Å². The zero-order valence-electron chi connectivity index (χ0n) is 13.3. The molecule has 0 aliphatic carbocycles. The number of nitrogens with two attached hydrogens (primary N) is 1. The molecule has 0 aromatic carbocycles. The molecule has 9 heteroatoms. The van der Waals surface area contributed by atoms with E-state index in [-0.39, 0.29) is 5.92 Å². The van der Waals surface area contributed by atoms with Crippen molar-refractivity contribution in [2.75, 3.05) is 31.9 Å². The zero-order valence-corrected chi connectivity index (χ0v) is 14.9. The average molecular weight is 391 g/mol. The van der Waals surface area contributed by atoms with Crippen molar-refractivity contribution < 1.29 is 0 Å². The molecule has 0 radical (unpaired) electrons. The van der Waals surface area contributed by atoms with E-state index in [2.05, 4.69) is 36.8 Å². The molecule has 1 aliphatic heterocycles. The summed E-state index contributed by atoms with van der Waals surface area (Å²) in [5.74, 6) is 0.806. The Morgan fingerprint density at radius 1 is 1.21 bits per heavy atom. The van der Waals surface area contributed by atoms with Gasteiger partial charge in [0.1, 0.15) is 5.82 Å². The maximum atomic E-state index is 6.31. The van der Waals surface area contributed by atoms with Gasteiger partial charge in [0.15, 0.2) is 5.65 Å². The minimum Gasteiger partial charge on any atom is -0.383 e. The van der Waals surface area contributed by atoms with E-state index < -0.39 is 0 Å². The molecule has 1 saturated heterocycles. The van der Waals surface area contributed by atoms with E-state index in [1.54, 1.807) is 15.4 Å². The number of nitrogens with one attached hydrogen (secondary N) is 2. The van der Waals surface area contributed by atoms with E-state index in [0.717, 1.165) is 53.1 Å². The molecule has 0 bridgehead atoms. The normalized spacial score (nSPS) is 16.6. The van der Waals surface area contributed by atoms with Gasteiger partial charge in [0.25, 0.3) is 0 Å². The van der Waals surface area contributed by atoms with Gasteiger partial charge in [0.05, 0.1) is 22.6 Å². The highest BCUT2D eigenvalue weighted by atomic mass is 79.9. The molecule has 3 aromatic heterocycles. The van der Waals surface area contributed by atoms with Crippen LogP contribution < -0.4 is 16.4 Å². The summed E-state index contributed by atoms with van der Waals surface area (Å²) >= 11 is 3.61. The summed E-state index contributed by atoms with van der Waals surface area (Å²) in [7, 11) is 1.89. The third-order valence-corrected chi connectivity index (χ3v) is 5.12. The predicted molar refractivity (Wildman–Crippen MR) is 95.8 cm³/mol. The second-order valence-corrected chi connectivity index (χ2v) is 6.79. The highest BCUT2D eigenvalue weighted by Gasteiger charge is 2.23. The lowest BCUT2D eigenvalue weighted by atomic mass is 10.1. The van der Waals surface area contributed by atoms with Crippen LogP contribution in [0.25, 0.3) is 16.8 Å². The van der Waals surface area contributed by atoms with Gasteiger partial charge in [-0.3, -0.25) is 4.68 Å². The van der Waals surface area contributed by atoms with Gasteiger partial charge in [-0.05, 0) is 15.9 Å². The van der Waals surface area contributed by atoms with E-state index in [9.17, 15) is 0 Å². The summed E-state index contributed by atoms with van der Waals surface area (Å²) in [5.41, 5.74) is 9.92. The van der Waals surface area contributed by atoms with E-state index in [4.69, 9.17) is 10.7 Å². The van der Waals surface area contributed by atoms with Crippen molar-refractivity contribution in [1.29, 1.82) is 0 Å². The number of hydrogen-bond donors (Lipinski definition) is 3. The van der Waals surface area contributed by atoms with E-state index >= 15 is 0 Å². The maximum absolute atomic E-state index is 6.31. The fraction of sp³-hybridized carbons (Fsp3) is 0.400. The van der Waals surface area contributed by atoms with Crippen LogP contribution in [0.1, 0.15) is 11.6 Å². The van der Waals surface area contributed by atoms with Gasteiger partial charge in [-0.25, -0.2) is 4.98 Å². The van der Waals surface area contributed by atoms with Crippen molar-refractivity contribution in [1.82, 2.24) is 35.0 Å². The first-order chi connectivity index (χ1) is 11.6. The molecule has 0 amide bonds. The molecule has 3 aromatic rings. The van der Waals surface area contributed by atoms with E-state index in [0.29, 0.717) is 5.82 Å². The molecule has 0 saturated carbocycles. The van der Waals surface area contributed by atoms with Gasteiger partial charge in [-0.15, -0.1) is 0 Å². The molecular formula is C15H19BrN8. The number of nitrogens with zero attached hydrogens (tertiary/aromatic N) is 5. The van der Waals surface area contributed by atoms with Crippen LogP contribution in [0.5, 0.6) is 0 Å². The molecule has 0 unspecified atom stereocenters. The van der Waals surface area contributed by atoms with Crippen molar-refractivity contribution in [2.24, 2.45) is 7.05 Å². The van der Waals surface area contributed by atoms with Crippen LogP contribution in [-0.4, -0.2) is 50.6 Å². The number of anilines is 1. The second kappa shape index (κ2) is 6.15. The standard InChI is InChI=1S/C15H19BrN8/c1-23-8-10(6-20-23)11-7-21-24-14(17)12(16)13(22-15(11)24)9-4-18-2-3-19-5-9/h6-9,18-19H,2-5,17H2,1H3. The molecule has 1 fully saturated rings. The van der Waals surface area contributed by atoms with Gasteiger partial charge in [-0.1, -0.05) is 0 Å². The van der Waals surface area contributed by atoms with E-state index in [1.165, 1.54) is 0 Å². The third kappa shape index (κ3) is 2.58. The number of nitrogen functional groups attached to an aromatic ring is 1. The van der Waals surface area contributed by atoms with Crippen molar-refractivity contribution >= 4 is 27.4 Å². The van der Waals surface area contributed by atoms with Gasteiger partial charge < -0.3 is 16.4 Å².